The second kappa shape index (κ2) is 4.76. The smallest absolute Gasteiger partial charge is 0.296 e. The van der Waals surface area contributed by atoms with Crippen molar-refractivity contribution in [2.75, 3.05) is 4.90 Å². The largest absolute Gasteiger partial charge is 0.299 e. The number of rotatable bonds is 2. The fourth-order valence-corrected chi connectivity index (χ4v) is 2.79. The fourth-order valence-electron chi connectivity index (χ4n) is 1.94. The van der Waals surface area contributed by atoms with Gasteiger partial charge in [-0.2, -0.15) is 0 Å². The number of hydrogen-bond acceptors (Lipinski definition) is 5. The van der Waals surface area contributed by atoms with Crippen molar-refractivity contribution in [3.8, 4) is 0 Å². The Labute approximate surface area is 126 Å². The molecule has 1 aromatic carbocycles. The zero-order chi connectivity index (χ0) is 14.4. The number of anilines is 1. The van der Waals surface area contributed by atoms with E-state index >= 15 is 0 Å². The van der Waals surface area contributed by atoms with E-state index in [0.29, 0.717) is 5.69 Å². The molecule has 2 aromatic rings. The van der Waals surface area contributed by atoms with Crippen molar-refractivity contribution in [3.05, 3.63) is 38.6 Å². The predicted molar refractivity (Wildman–Crippen MR) is 71.8 cm³/mol. The van der Waals surface area contributed by atoms with Gasteiger partial charge in [0.05, 0.1) is 22.8 Å². The summed E-state index contributed by atoms with van der Waals surface area (Å²) in [6.45, 7) is -0.135. The molecule has 0 radical (unpaired) electrons. The number of carbonyl (C=O) groups excluding carboxylic acids is 2. The van der Waals surface area contributed by atoms with E-state index in [-0.39, 0.29) is 27.2 Å². The molecule has 2 heterocycles. The summed E-state index contributed by atoms with van der Waals surface area (Å²) in [4.78, 5) is 24.8. The normalized spacial score (nSPS) is 14.1. The third kappa shape index (κ3) is 1.90. The van der Waals surface area contributed by atoms with E-state index < -0.39 is 17.5 Å². The molecule has 0 atom stereocenters. The van der Waals surface area contributed by atoms with Gasteiger partial charge in [-0.05, 0) is 12.1 Å². The maximum Gasteiger partial charge on any atom is 0.299 e. The van der Waals surface area contributed by atoms with E-state index in [1.165, 1.54) is 6.07 Å². The Balaban J connectivity index is 2.11. The van der Waals surface area contributed by atoms with Crippen LogP contribution < -0.4 is 4.90 Å². The SMILES string of the molecule is O=C1C(=O)N(Cc2nnsc2Cl)c2c(F)ccc(Cl)c21. The first kappa shape index (κ1) is 13.4. The molecule has 1 amide bonds. The molecule has 1 aromatic heterocycles. The number of benzene rings is 1. The van der Waals surface area contributed by atoms with Gasteiger partial charge in [-0.1, -0.05) is 27.7 Å². The van der Waals surface area contributed by atoms with Crippen LogP contribution in [-0.2, 0) is 11.3 Å². The number of hydrogen-bond donors (Lipinski definition) is 0. The molecule has 0 saturated heterocycles. The molecule has 102 valence electrons. The van der Waals surface area contributed by atoms with Crippen LogP contribution in [0.15, 0.2) is 12.1 Å². The summed E-state index contributed by atoms with van der Waals surface area (Å²) in [6.07, 6.45) is 0. The lowest BCUT2D eigenvalue weighted by molar-refractivity contribution is -0.114. The number of nitrogens with zero attached hydrogens (tertiary/aromatic N) is 3. The molecular formula is C11H4Cl2FN3O2S. The van der Waals surface area contributed by atoms with Gasteiger partial charge in [0.2, 0.25) is 0 Å². The molecule has 1 aliphatic rings. The minimum absolute atomic E-state index is 0.0322. The summed E-state index contributed by atoms with van der Waals surface area (Å²) in [5, 5.41) is 3.77. The summed E-state index contributed by atoms with van der Waals surface area (Å²) < 4.78 is 17.8. The molecule has 0 unspecified atom stereocenters. The van der Waals surface area contributed by atoms with Crippen molar-refractivity contribution in [2.24, 2.45) is 0 Å². The van der Waals surface area contributed by atoms with E-state index in [4.69, 9.17) is 23.2 Å². The van der Waals surface area contributed by atoms with Gasteiger partial charge in [0.15, 0.2) is 0 Å². The summed E-state index contributed by atoms with van der Waals surface area (Å²) in [5.74, 6) is -2.41. The molecule has 1 aliphatic heterocycles. The quantitative estimate of drug-likeness (QED) is 0.794. The molecule has 0 spiro atoms. The summed E-state index contributed by atoms with van der Waals surface area (Å²) in [5.41, 5.74) is 0.0255. The van der Waals surface area contributed by atoms with Gasteiger partial charge in [0.1, 0.15) is 15.8 Å². The number of amides is 1. The van der Waals surface area contributed by atoms with Crippen molar-refractivity contribution < 1.29 is 14.0 Å². The highest BCUT2D eigenvalue weighted by Gasteiger charge is 2.40. The molecule has 0 N–H and O–H groups in total. The molecular weight excluding hydrogens is 328 g/mol. The van der Waals surface area contributed by atoms with Crippen molar-refractivity contribution >= 4 is 52.1 Å². The van der Waals surface area contributed by atoms with Crippen LogP contribution in [0.2, 0.25) is 9.36 Å². The van der Waals surface area contributed by atoms with Gasteiger partial charge in [0, 0.05) is 11.5 Å². The van der Waals surface area contributed by atoms with Gasteiger partial charge >= 0.3 is 0 Å². The molecule has 3 rings (SSSR count). The standard InChI is InChI=1S/C11H4Cl2FN3O2S/c12-4-1-2-5(14)8-7(4)9(18)11(19)17(8)3-6-10(13)20-16-15-6/h1-2H,3H2. The van der Waals surface area contributed by atoms with Crippen molar-refractivity contribution in [1.82, 2.24) is 9.59 Å². The lowest BCUT2D eigenvalue weighted by Gasteiger charge is -2.15. The molecule has 0 saturated carbocycles. The maximum absolute atomic E-state index is 13.9. The Hall–Kier alpha value is -1.57. The molecule has 0 aliphatic carbocycles. The number of Topliss-reactive ketones (excluding diaryl/α,β-unsaturated/α-hetero) is 1. The molecule has 9 heteroatoms. The molecule has 0 fully saturated rings. The van der Waals surface area contributed by atoms with Crippen LogP contribution >= 0.6 is 34.7 Å². The third-order valence-corrected chi connectivity index (χ3v) is 4.13. The summed E-state index contributed by atoms with van der Waals surface area (Å²) >= 11 is 12.7. The summed E-state index contributed by atoms with van der Waals surface area (Å²) in [7, 11) is 0. The van der Waals surface area contributed by atoms with E-state index in [1.807, 2.05) is 0 Å². The Morgan fingerprint density at radius 3 is 2.70 bits per heavy atom. The Bertz CT molecular complexity index is 749. The third-order valence-electron chi connectivity index (χ3n) is 2.83. The van der Waals surface area contributed by atoms with Gasteiger partial charge in [-0.25, -0.2) is 4.39 Å². The van der Waals surface area contributed by atoms with Gasteiger partial charge < -0.3 is 0 Å². The van der Waals surface area contributed by atoms with E-state index in [9.17, 15) is 14.0 Å². The minimum atomic E-state index is -0.865. The molecule has 5 nitrogen and oxygen atoms in total. The summed E-state index contributed by atoms with van der Waals surface area (Å²) in [6, 6.07) is 2.34. The Morgan fingerprint density at radius 1 is 1.30 bits per heavy atom. The van der Waals surface area contributed by atoms with Crippen molar-refractivity contribution in [1.29, 1.82) is 0 Å². The number of halogens is 3. The first-order valence-corrected chi connectivity index (χ1v) is 6.84. The highest BCUT2D eigenvalue weighted by Crippen LogP contribution is 2.37. The van der Waals surface area contributed by atoms with Crippen molar-refractivity contribution in [2.45, 2.75) is 6.54 Å². The lowest BCUT2D eigenvalue weighted by atomic mass is 10.1. The first-order chi connectivity index (χ1) is 9.50. The van der Waals surface area contributed by atoms with Gasteiger partial charge in [-0.15, -0.1) is 5.10 Å². The zero-order valence-electron chi connectivity index (χ0n) is 9.56. The Morgan fingerprint density at radius 2 is 2.05 bits per heavy atom. The monoisotopic (exact) mass is 331 g/mol. The number of ketones is 1. The van der Waals surface area contributed by atoms with E-state index in [1.54, 1.807) is 0 Å². The second-order valence-corrected chi connectivity index (χ2v) is 5.73. The fraction of sp³-hybridized carbons (Fsp3) is 0.0909. The minimum Gasteiger partial charge on any atom is -0.296 e. The van der Waals surface area contributed by atoms with Crippen LogP contribution in [0.3, 0.4) is 0 Å². The topological polar surface area (TPSA) is 63.2 Å². The highest BCUT2D eigenvalue weighted by molar-refractivity contribution is 7.10. The zero-order valence-corrected chi connectivity index (χ0v) is 11.9. The van der Waals surface area contributed by atoms with Gasteiger partial charge in [0.25, 0.3) is 11.7 Å². The van der Waals surface area contributed by atoms with E-state index in [2.05, 4.69) is 9.59 Å². The van der Waals surface area contributed by atoms with Crippen LogP contribution in [0.1, 0.15) is 16.1 Å². The average molecular weight is 332 g/mol. The van der Waals surface area contributed by atoms with Crippen LogP contribution in [-0.4, -0.2) is 21.3 Å². The number of carbonyl (C=O) groups is 2. The first-order valence-electron chi connectivity index (χ1n) is 5.31. The van der Waals surface area contributed by atoms with E-state index in [0.717, 1.165) is 22.5 Å². The average Bonchev–Trinajstić information content (AvgIpc) is 2.92. The van der Waals surface area contributed by atoms with Crippen molar-refractivity contribution in [3.63, 3.8) is 0 Å². The lowest BCUT2D eigenvalue weighted by Crippen LogP contribution is -2.29. The Kier molecular flexibility index (Phi) is 3.19. The van der Waals surface area contributed by atoms with Crippen LogP contribution in [0, 0.1) is 5.82 Å². The highest BCUT2D eigenvalue weighted by atomic mass is 35.5. The number of fused-ring (bicyclic) bond motifs is 1. The maximum atomic E-state index is 13.9. The van der Waals surface area contributed by atoms with Crippen LogP contribution in [0.5, 0.6) is 0 Å². The molecule has 0 bridgehead atoms. The van der Waals surface area contributed by atoms with Crippen LogP contribution in [0.25, 0.3) is 0 Å². The number of aromatic nitrogens is 2. The second-order valence-electron chi connectivity index (χ2n) is 3.97. The predicted octanol–water partition coefficient (Wildman–Crippen LogP) is 2.71. The molecule has 20 heavy (non-hydrogen) atoms. The van der Waals surface area contributed by atoms with Crippen LogP contribution in [0.4, 0.5) is 10.1 Å². The van der Waals surface area contributed by atoms with Gasteiger partial charge in [-0.3, -0.25) is 14.5 Å².